The third-order valence-corrected chi connectivity index (χ3v) is 7.80. The standard InChI is InChI=1S/C24H30N2O7S/c1-16(2)23(17-4-6-21-22(14-17)33-13-12-32-21)25-24(27)19-15-18(5-7-20(19)30-3)34(28,29)26-8-10-31-11-9-26/h4-7,14-16,23H,8-13H2,1-3H3,(H,25,27). The van der Waals surface area contributed by atoms with E-state index < -0.39 is 15.9 Å². The molecule has 1 saturated heterocycles. The predicted octanol–water partition coefficient (Wildman–Crippen LogP) is 2.61. The molecule has 2 aliphatic rings. The first-order valence-corrected chi connectivity index (χ1v) is 12.7. The number of sulfonamides is 1. The minimum absolute atomic E-state index is 0.0424. The van der Waals surface area contributed by atoms with E-state index in [0.29, 0.717) is 43.7 Å². The predicted molar refractivity (Wildman–Crippen MR) is 125 cm³/mol. The van der Waals surface area contributed by atoms with Crippen molar-refractivity contribution in [1.29, 1.82) is 0 Å². The smallest absolute Gasteiger partial charge is 0.255 e. The van der Waals surface area contributed by atoms with Crippen LogP contribution in [-0.4, -0.2) is 65.3 Å². The van der Waals surface area contributed by atoms with Crippen LogP contribution in [0.2, 0.25) is 0 Å². The molecule has 0 aliphatic carbocycles. The van der Waals surface area contributed by atoms with Crippen molar-refractivity contribution in [3.8, 4) is 17.2 Å². The van der Waals surface area contributed by atoms with Crippen LogP contribution < -0.4 is 19.5 Å². The Bertz CT molecular complexity index is 1140. The number of ether oxygens (including phenoxy) is 4. The molecule has 0 radical (unpaired) electrons. The van der Waals surface area contributed by atoms with Crippen LogP contribution in [-0.2, 0) is 14.8 Å². The number of carbonyl (C=O) groups is 1. The van der Waals surface area contributed by atoms with Crippen molar-refractivity contribution in [2.75, 3.05) is 46.6 Å². The molecular weight excluding hydrogens is 460 g/mol. The van der Waals surface area contributed by atoms with E-state index in [4.69, 9.17) is 18.9 Å². The molecule has 2 heterocycles. The summed E-state index contributed by atoms with van der Waals surface area (Å²) >= 11 is 0. The molecule has 4 rings (SSSR count). The van der Waals surface area contributed by atoms with Gasteiger partial charge in [-0.2, -0.15) is 4.31 Å². The van der Waals surface area contributed by atoms with Gasteiger partial charge in [0.2, 0.25) is 10.0 Å². The summed E-state index contributed by atoms with van der Waals surface area (Å²) in [5, 5.41) is 3.05. The zero-order chi connectivity index (χ0) is 24.3. The van der Waals surface area contributed by atoms with Gasteiger partial charge in [0.1, 0.15) is 19.0 Å². The van der Waals surface area contributed by atoms with E-state index in [1.54, 1.807) is 0 Å². The van der Waals surface area contributed by atoms with Gasteiger partial charge in [-0.05, 0) is 41.8 Å². The van der Waals surface area contributed by atoms with Gasteiger partial charge in [0.05, 0.1) is 36.8 Å². The second-order valence-corrected chi connectivity index (χ2v) is 10.4. The lowest BCUT2D eigenvalue weighted by atomic mass is 9.95. The van der Waals surface area contributed by atoms with Gasteiger partial charge in [0.15, 0.2) is 11.5 Å². The van der Waals surface area contributed by atoms with Gasteiger partial charge in [-0.15, -0.1) is 0 Å². The Balaban J connectivity index is 1.62. The zero-order valence-electron chi connectivity index (χ0n) is 19.6. The molecule has 2 aromatic rings. The van der Waals surface area contributed by atoms with Crippen LogP contribution in [0.1, 0.15) is 35.8 Å². The minimum Gasteiger partial charge on any atom is -0.496 e. The van der Waals surface area contributed by atoms with Crippen LogP contribution in [0, 0.1) is 5.92 Å². The van der Waals surface area contributed by atoms with Crippen LogP contribution in [0.3, 0.4) is 0 Å². The summed E-state index contributed by atoms with van der Waals surface area (Å²) in [5.74, 6) is 1.23. The summed E-state index contributed by atoms with van der Waals surface area (Å²) in [6, 6.07) is 9.61. The highest BCUT2D eigenvalue weighted by Gasteiger charge is 2.29. The molecular formula is C24H30N2O7S. The maximum absolute atomic E-state index is 13.4. The molecule has 0 aromatic heterocycles. The summed E-state index contributed by atoms with van der Waals surface area (Å²) in [6.45, 7) is 6.20. The molecule has 184 valence electrons. The Labute approximate surface area is 200 Å². The highest BCUT2D eigenvalue weighted by Crippen LogP contribution is 2.35. The summed E-state index contributed by atoms with van der Waals surface area (Å²) in [7, 11) is -2.32. The number of hydrogen-bond donors (Lipinski definition) is 1. The van der Waals surface area contributed by atoms with Gasteiger partial charge < -0.3 is 24.3 Å². The molecule has 0 spiro atoms. The van der Waals surface area contributed by atoms with Crippen LogP contribution in [0.5, 0.6) is 17.2 Å². The van der Waals surface area contributed by atoms with Gasteiger partial charge >= 0.3 is 0 Å². The first-order chi connectivity index (χ1) is 16.3. The molecule has 10 heteroatoms. The molecule has 1 amide bonds. The fourth-order valence-corrected chi connectivity index (χ4v) is 5.50. The van der Waals surface area contributed by atoms with E-state index in [2.05, 4.69) is 5.32 Å². The van der Waals surface area contributed by atoms with Crippen molar-refractivity contribution < 1.29 is 32.2 Å². The Hall–Kier alpha value is -2.82. The number of rotatable bonds is 7. The van der Waals surface area contributed by atoms with E-state index in [9.17, 15) is 13.2 Å². The van der Waals surface area contributed by atoms with Gasteiger partial charge in [0.25, 0.3) is 5.91 Å². The van der Waals surface area contributed by atoms with Crippen molar-refractivity contribution in [2.45, 2.75) is 24.8 Å². The summed E-state index contributed by atoms with van der Waals surface area (Å²) in [5.41, 5.74) is 1.02. The van der Waals surface area contributed by atoms with Crippen LogP contribution in [0.4, 0.5) is 0 Å². The Kier molecular flexibility index (Phi) is 7.30. The second kappa shape index (κ2) is 10.2. The van der Waals surface area contributed by atoms with E-state index in [1.165, 1.54) is 29.6 Å². The van der Waals surface area contributed by atoms with Crippen molar-refractivity contribution in [3.63, 3.8) is 0 Å². The van der Waals surface area contributed by atoms with E-state index in [0.717, 1.165) is 5.56 Å². The second-order valence-electron chi connectivity index (χ2n) is 8.48. The topological polar surface area (TPSA) is 103 Å². The molecule has 2 aliphatic heterocycles. The lowest BCUT2D eigenvalue weighted by molar-refractivity contribution is 0.0730. The molecule has 1 fully saturated rings. The Morgan fingerprint density at radius 3 is 2.38 bits per heavy atom. The van der Waals surface area contributed by atoms with Gasteiger partial charge in [-0.25, -0.2) is 8.42 Å². The molecule has 0 bridgehead atoms. The number of nitrogens with one attached hydrogen (secondary N) is 1. The van der Waals surface area contributed by atoms with Crippen molar-refractivity contribution in [2.24, 2.45) is 5.92 Å². The monoisotopic (exact) mass is 490 g/mol. The third-order valence-electron chi connectivity index (χ3n) is 5.90. The van der Waals surface area contributed by atoms with Gasteiger partial charge in [-0.3, -0.25) is 4.79 Å². The maximum Gasteiger partial charge on any atom is 0.255 e. The Morgan fingerprint density at radius 2 is 1.71 bits per heavy atom. The van der Waals surface area contributed by atoms with E-state index in [-0.39, 0.29) is 35.5 Å². The maximum atomic E-state index is 13.4. The van der Waals surface area contributed by atoms with E-state index >= 15 is 0 Å². The quantitative estimate of drug-likeness (QED) is 0.636. The first-order valence-electron chi connectivity index (χ1n) is 11.3. The van der Waals surface area contributed by atoms with Crippen LogP contribution in [0.25, 0.3) is 0 Å². The van der Waals surface area contributed by atoms with Crippen molar-refractivity contribution in [1.82, 2.24) is 9.62 Å². The molecule has 1 atom stereocenters. The number of benzene rings is 2. The molecule has 1 N–H and O–H groups in total. The largest absolute Gasteiger partial charge is 0.496 e. The molecule has 0 saturated carbocycles. The lowest BCUT2D eigenvalue weighted by Gasteiger charge is -2.27. The number of morpholine rings is 1. The minimum atomic E-state index is -3.76. The summed E-state index contributed by atoms with van der Waals surface area (Å²) < 4.78 is 49.5. The van der Waals surface area contributed by atoms with Crippen molar-refractivity contribution in [3.05, 3.63) is 47.5 Å². The van der Waals surface area contributed by atoms with Gasteiger partial charge in [-0.1, -0.05) is 19.9 Å². The molecule has 2 aromatic carbocycles. The number of hydrogen-bond acceptors (Lipinski definition) is 7. The number of nitrogens with zero attached hydrogens (tertiary/aromatic N) is 1. The number of fused-ring (bicyclic) bond motifs is 1. The molecule has 1 unspecified atom stereocenters. The highest BCUT2D eigenvalue weighted by molar-refractivity contribution is 7.89. The SMILES string of the molecule is COc1ccc(S(=O)(=O)N2CCOCC2)cc1C(=O)NC(c1ccc2c(c1)OCCO2)C(C)C. The number of amides is 1. The number of methoxy groups -OCH3 is 1. The van der Waals surface area contributed by atoms with Crippen LogP contribution >= 0.6 is 0 Å². The first kappa shape index (κ1) is 24.3. The Morgan fingerprint density at radius 1 is 1.00 bits per heavy atom. The number of carbonyl (C=O) groups excluding carboxylic acids is 1. The van der Waals surface area contributed by atoms with Crippen LogP contribution in [0.15, 0.2) is 41.3 Å². The normalized spacial score (nSPS) is 17.3. The molecule has 34 heavy (non-hydrogen) atoms. The fraction of sp³-hybridized carbons (Fsp3) is 0.458. The molecule has 9 nitrogen and oxygen atoms in total. The highest BCUT2D eigenvalue weighted by atomic mass is 32.2. The average molecular weight is 491 g/mol. The summed E-state index contributed by atoms with van der Waals surface area (Å²) in [4.78, 5) is 13.4. The van der Waals surface area contributed by atoms with E-state index in [1.807, 2.05) is 32.0 Å². The zero-order valence-corrected chi connectivity index (χ0v) is 20.4. The average Bonchev–Trinajstić information content (AvgIpc) is 2.86. The van der Waals surface area contributed by atoms with Gasteiger partial charge in [0, 0.05) is 13.1 Å². The fourth-order valence-electron chi connectivity index (χ4n) is 4.07. The third kappa shape index (κ3) is 4.98. The van der Waals surface area contributed by atoms with Crippen molar-refractivity contribution >= 4 is 15.9 Å². The lowest BCUT2D eigenvalue weighted by Crippen LogP contribution is -2.40. The summed E-state index contributed by atoms with van der Waals surface area (Å²) in [6.07, 6.45) is 0.